The van der Waals surface area contributed by atoms with Crippen molar-refractivity contribution in [2.75, 3.05) is 0 Å². The van der Waals surface area contributed by atoms with Crippen LogP contribution in [0.25, 0.3) is 28.1 Å². The lowest BCUT2D eigenvalue weighted by atomic mass is 9.73. The van der Waals surface area contributed by atoms with Crippen LogP contribution in [0.4, 0.5) is 0 Å². The molecule has 0 spiro atoms. The Hall–Kier alpha value is -3.63. The number of H-pyrrole nitrogens is 1. The highest BCUT2D eigenvalue weighted by Crippen LogP contribution is 2.46. The molecule has 1 heterocycles. The first kappa shape index (κ1) is 21.2. The van der Waals surface area contributed by atoms with E-state index in [4.69, 9.17) is 16.7 Å². The predicted octanol–water partition coefficient (Wildman–Crippen LogP) is 7.07. The minimum Gasteiger partial charge on any atom is -0.478 e. The van der Waals surface area contributed by atoms with Gasteiger partial charge >= 0.3 is 5.97 Å². The first-order valence-electron chi connectivity index (χ1n) is 11.0. The van der Waals surface area contributed by atoms with Crippen LogP contribution in [0.2, 0.25) is 5.02 Å². The molecule has 0 atom stereocenters. The van der Waals surface area contributed by atoms with E-state index in [1.54, 1.807) is 12.3 Å². The lowest BCUT2D eigenvalue weighted by Gasteiger charge is -2.32. The van der Waals surface area contributed by atoms with Crippen molar-refractivity contribution in [2.45, 2.75) is 19.3 Å². The van der Waals surface area contributed by atoms with Crippen molar-refractivity contribution in [2.24, 2.45) is 5.92 Å². The third-order valence-electron chi connectivity index (χ3n) is 6.31. The molecule has 164 valence electrons. The average Bonchev–Trinajstić information content (AvgIpc) is 3.28. The Bertz CT molecular complexity index is 1360. The van der Waals surface area contributed by atoms with Gasteiger partial charge in [0.15, 0.2) is 0 Å². The fourth-order valence-corrected chi connectivity index (χ4v) is 4.77. The van der Waals surface area contributed by atoms with Gasteiger partial charge in [-0.3, -0.25) is 5.10 Å². The quantitative estimate of drug-likeness (QED) is 0.242. The predicted molar refractivity (Wildman–Crippen MR) is 134 cm³/mol. The zero-order chi connectivity index (χ0) is 22.8. The Kier molecular flexibility index (Phi) is 5.84. The average molecular weight is 455 g/mol. The number of benzene rings is 3. The van der Waals surface area contributed by atoms with E-state index in [0.717, 1.165) is 52.1 Å². The van der Waals surface area contributed by atoms with Crippen molar-refractivity contribution in [3.05, 3.63) is 106 Å². The third kappa shape index (κ3) is 4.22. The monoisotopic (exact) mass is 454 g/mol. The molecular weight excluding hydrogens is 432 g/mol. The number of hydrogen-bond donors (Lipinski definition) is 2. The molecule has 0 amide bonds. The molecule has 1 saturated carbocycles. The number of halogens is 1. The molecule has 4 nitrogen and oxygen atoms in total. The van der Waals surface area contributed by atoms with Crippen molar-refractivity contribution >= 4 is 45.7 Å². The van der Waals surface area contributed by atoms with Crippen LogP contribution >= 0.6 is 11.6 Å². The van der Waals surface area contributed by atoms with Gasteiger partial charge in [-0.1, -0.05) is 78.7 Å². The molecule has 1 fully saturated rings. The first-order chi connectivity index (χ1) is 16.1. The molecule has 1 aliphatic carbocycles. The molecule has 1 aliphatic rings. The van der Waals surface area contributed by atoms with Gasteiger partial charge in [0.25, 0.3) is 0 Å². The summed E-state index contributed by atoms with van der Waals surface area (Å²) in [6.45, 7) is 0. The second-order valence-corrected chi connectivity index (χ2v) is 8.71. The van der Waals surface area contributed by atoms with Gasteiger partial charge in [0.05, 0.1) is 16.7 Å². The number of rotatable bonds is 6. The number of allylic oxidation sites excluding steroid dienone is 1. The SMILES string of the molecule is O=C(O)/C=C/c1ccc(/C(=C(\c2ccccc2)C2CCC2)c2ccc3[nH]ncc3c2Cl)cc1. The summed E-state index contributed by atoms with van der Waals surface area (Å²) < 4.78 is 0. The third-order valence-corrected chi connectivity index (χ3v) is 6.72. The fourth-order valence-electron chi connectivity index (χ4n) is 4.46. The molecule has 3 aromatic carbocycles. The van der Waals surface area contributed by atoms with Gasteiger partial charge in [0.2, 0.25) is 0 Å². The van der Waals surface area contributed by atoms with Crippen molar-refractivity contribution in [1.82, 2.24) is 10.2 Å². The molecular formula is C28H23ClN2O2. The van der Waals surface area contributed by atoms with E-state index < -0.39 is 5.97 Å². The second kappa shape index (κ2) is 9.08. The largest absolute Gasteiger partial charge is 0.478 e. The number of carboxylic acid groups (broad SMARTS) is 1. The molecule has 4 aromatic rings. The van der Waals surface area contributed by atoms with E-state index >= 15 is 0 Å². The summed E-state index contributed by atoms with van der Waals surface area (Å²) >= 11 is 6.97. The molecule has 33 heavy (non-hydrogen) atoms. The highest BCUT2D eigenvalue weighted by atomic mass is 35.5. The molecule has 5 heteroatoms. The standard InChI is InChI=1S/C28H23ClN2O2/c29-28-22(14-15-24-23(28)17-30-31-24)27(21-12-9-18(10-13-21)11-16-25(32)33)26(20-7-4-8-20)19-5-2-1-3-6-19/h1-3,5-6,9-17,20H,4,7-8H2,(H,30,31)(H,32,33)/b16-11+,27-26-. The van der Waals surface area contributed by atoms with Gasteiger partial charge in [0, 0.05) is 17.0 Å². The van der Waals surface area contributed by atoms with Crippen molar-refractivity contribution in [3.8, 4) is 0 Å². The maximum atomic E-state index is 10.9. The number of hydrogen-bond acceptors (Lipinski definition) is 2. The Morgan fingerprint density at radius 1 is 1.00 bits per heavy atom. The molecule has 0 unspecified atom stereocenters. The van der Waals surface area contributed by atoms with Crippen LogP contribution in [0.5, 0.6) is 0 Å². The Morgan fingerprint density at radius 3 is 2.42 bits per heavy atom. The molecule has 0 saturated heterocycles. The van der Waals surface area contributed by atoms with E-state index in [2.05, 4.69) is 40.5 Å². The number of carboxylic acids is 1. The summed E-state index contributed by atoms with van der Waals surface area (Å²) in [6.07, 6.45) is 8.05. The molecule has 0 bridgehead atoms. The molecule has 0 aliphatic heterocycles. The highest BCUT2D eigenvalue weighted by molar-refractivity contribution is 6.37. The maximum absolute atomic E-state index is 10.9. The smallest absolute Gasteiger partial charge is 0.328 e. The minimum atomic E-state index is -0.962. The lowest BCUT2D eigenvalue weighted by molar-refractivity contribution is -0.131. The molecule has 0 radical (unpaired) electrons. The van der Waals surface area contributed by atoms with Gasteiger partial charge in [-0.25, -0.2) is 4.79 Å². The first-order valence-corrected chi connectivity index (χ1v) is 11.4. The van der Waals surface area contributed by atoms with E-state index in [-0.39, 0.29) is 0 Å². The minimum absolute atomic E-state index is 0.463. The Morgan fingerprint density at radius 2 is 1.76 bits per heavy atom. The van der Waals surface area contributed by atoms with Gasteiger partial charge < -0.3 is 5.11 Å². The second-order valence-electron chi connectivity index (χ2n) is 8.33. The normalized spacial score (nSPS) is 14.9. The van der Waals surface area contributed by atoms with Crippen molar-refractivity contribution in [3.63, 3.8) is 0 Å². The van der Waals surface area contributed by atoms with Gasteiger partial charge in [-0.2, -0.15) is 5.10 Å². The van der Waals surface area contributed by atoms with Crippen LogP contribution in [-0.4, -0.2) is 21.3 Å². The number of nitrogens with zero attached hydrogens (tertiary/aromatic N) is 1. The number of fused-ring (bicyclic) bond motifs is 1. The number of aromatic nitrogens is 2. The summed E-state index contributed by atoms with van der Waals surface area (Å²) in [5.74, 6) is -0.499. The summed E-state index contributed by atoms with van der Waals surface area (Å²) in [6, 6.07) is 22.6. The van der Waals surface area contributed by atoms with Crippen LogP contribution in [-0.2, 0) is 4.79 Å². The summed E-state index contributed by atoms with van der Waals surface area (Å²) in [5.41, 5.74) is 7.40. The maximum Gasteiger partial charge on any atom is 0.328 e. The van der Waals surface area contributed by atoms with Gasteiger partial charge in [-0.15, -0.1) is 0 Å². The van der Waals surface area contributed by atoms with Crippen LogP contribution in [0.15, 0.2) is 79.0 Å². The van der Waals surface area contributed by atoms with Crippen LogP contribution in [0.3, 0.4) is 0 Å². The van der Waals surface area contributed by atoms with E-state index in [1.807, 2.05) is 36.4 Å². The summed E-state index contributed by atoms with van der Waals surface area (Å²) in [5, 5.41) is 17.7. The number of nitrogens with one attached hydrogen (secondary N) is 1. The van der Waals surface area contributed by atoms with Gasteiger partial charge in [0.1, 0.15) is 0 Å². The fraction of sp³-hybridized carbons (Fsp3) is 0.143. The van der Waals surface area contributed by atoms with E-state index in [9.17, 15) is 4.79 Å². The Balaban J connectivity index is 1.75. The molecule has 5 rings (SSSR count). The topological polar surface area (TPSA) is 66.0 Å². The number of aromatic amines is 1. The molecule has 2 N–H and O–H groups in total. The van der Waals surface area contributed by atoms with Crippen molar-refractivity contribution < 1.29 is 9.90 Å². The van der Waals surface area contributed by atoms with Crippen LogP contribution in [0, 0.1) is 5.92 Å². The molecule has 1 aromatic heterocycles. The zero-order valence-corrected chi connectivity index (χ0v) is 18.7. The van der Waals surface area contributed by atoms with Crippen LogP contribution in [0.1, 0.15) is 41.5 Å². The number of aliphatic carboxylic acids is 1. The summed E-state index contributed by atoms with van der Waals surface area (Å²) in [7, 11) is 0. The number of carbonyl (C=O) groups is 1. The lowest BCUT2D eigenvalue weighted by Crippen LogP contribution is -2.15. The summed E-state index contributed by atoms with van der Waals surface area (Å²) in [4.78, 5) is 10.9. The van der Waals surface area contributed by atoms with E-state index in [0.29, 0.717) is 10.9 Å². The van der Waals surface area contributed by atoms with Crippen molar-refractivity contribution in [1.29, 1.82) is 0 Å². The Labute approximate surface area is 197 Å². The van der Waals surface area contributed by atoms with Gasteiger partial charge in [-0.05, 0) is 58.7 Å². The van der Waals surface area contributed by atoms with E-state index in [1.165, 1.54) is 17.6 Å². The zero-order valence-electron chi connectivity index (χ0n) is 18.0. The van der Waals surface area contributed by atoms with Crippen LogP contribution < -0.4 is 0 Å². The highest BCUT2D eigenvalue weighted by Gasteiger charge is 2.28.